The number of nitrogens with one attached hydrogen (secondary N) is 1. The van der Waals surface area contributed by atoms with E-state index in [1.807, 2.05) is 32.7 Å². The van der Waals surface area contributed by atoms with E-state index in [1.165, 1.54) is 12.1 Å². The van der Waals surface area contributed by atoms with Crippen LogP contribution in [-0.4, -0.2) is 25.2 Å². The summed E-state index contributed by atoms with van der Waals surface area (Å²) < 4.78 is 12.9. The average Bonchev–Trinajstić information content (AvgIpc) is 2.36. The van der Waals surface area contributed by atoms with Crippen LogP contribution < -0.4 is 10.2 Å². The predicted octanol–water partition coefficient (Wildman–Crippen LogP) is 2.93. The fourth-order valence-corrected chi connectivity index (χ4v) is 2.01. The maximum Gasteiger partial charge on any atom is 0.123 e. The molecule has 1 rings (SSSR count). The molecule has 0 bridgehead atoms. The van der Waals surface area contributed by atoms with E-state index >= 15 is 0 Å². The minimum atomic E-state index is -0.539. The van der Waals surface area contributed by atoms with Crippen LogP contribution in [-0.2, 0) is 0 Å². The Morgan fingerprint density at radius 2 is 1.95 bits per heavy atom. The second-order valence-corrected chi connectivity index (χ2v) is 5.39. The van der Waals surface area contributed by atoms with Gasteiger partial charge in [0.05, 0.1) is 6.07 Å². The third kappa shape index (κ3) is 4.88. The topological polar surface area (TPSA) is 39.1 Å². The van der Waals surface area contributed by atoms with Gasteiger partial charge in [0, 0.05) is 25.3 Å². The van der Waals surface area contributed by atoms with Crippen molar-refractivity contribution in [2.75, 3.05) is 18.5 Å². The lowest BCUT2D eigenvalue weighted by atomic mass is 9.98. The summed E-state index contributed by atoms with van der Waals surface area (Å²) in [6.45, 7) is 6.69. The van der Waals surface area contributed by atoms with Crippen LogP contribution in [0.5, 0.6) is 0 Å². The van der Waals surface area contributed by atoms with Gasteiger partial charge in [0.1, 0.15) is 11.4 Å². The lowest BCUT2D eigenvalue weighted by molar-refractivity contribution is 0.384. The van der Waals surface area contributed by atoms with Gasteiger partial charge in [-0.25, -0.2) is 4.39 Å². The third-order valence-electron chi connectivity index (χ3n) is 3.07. The monoisotopic (exact) mass is 263 g/mol. The fraction of sp³-hybridized carbons (Fsp3) is 0.533. The van der Waals surface area contributed by atoms with E-state index in [4.69, 9.17) is 0 Å². The quantitative estimate of drug-likeness (QED) is 0.857. The summed E-state index contributed by atoms with van der Waals surface area (Å²) in [7, 11) is 1.94. The van der Waals surface area contributed by atoms with Crippen molar-refractivity contribution in [2.24, 2.45) is 0 Å². The molecular formula is C15H22FN3. The Morgan fingerprint density at radius 3 is 2.42 bits per heavy atom. The third-order valence-corrected chi connectivity index (χ3v) is 3.07. The van der Waals surface area contributed by atoms with Crippen LogP contribution in [0.1, 0.15) is 27.2 Å². The molecule has 3 nitrogen and oxygen atoms in total. The van der Waals surface area contributed by atoms with Crippen LogP contribution in [0.25, 0.3) is 0 Å². The highest BCUT2D eigenvalue weighted by Crippen LogP contribution is 2.16. The standard InChI is InChI=1S/C15H22FN3/c1-12(2)18-15(3,11-17)9-10-19(4)14-7-5-13(16)6-8-14/h5-8,12,18H,9-10H2,1-4H3. The van der Waals surface area contributed by atoms with E-state index in [0.29, 0.717) is 6.42 Å². The Labute approximate surface area is 115 Å². The Kier molecular flexibility index (Phi) is 5.31. The second-order valence-electron chi connectivity index (χ2n) is 5.39. The normalized spacial score (nSPS) is 13.9. The minimum absolute atomic E-state index is 0.236. The highest BCUT2D eigenvalue weighted by Gasteiger charge is 2.24. The van der Waals surface area contributed by atoms with E-state index in [-0.39, 0.29) is 11.9 Å². The molecule has 0 amide bonds. The molecule has 0 aromatic heterocycles. The number of hydrogen-bond donors (Lipinski definition) is 1. The predicted molar refractivity (Wildman–Crippen MR) is 76.6 cm³/mol. The van der Waals surface area contributed by atoms with Crippen LogP contribution in [0, 0.1) is 17.1 Å². The Bertz CT molecular complexity index is 436. The first-order valence-corrected chi connectivity index (χ1v) is 6.52. The van der Waals surface area contributed by atoms with E-state index in [2.05, 4.69) is 11.4 Å². The molecule has 0 radical (unpaired) electrons. The SMILES string of the molecule is CC(C)NC(C)(C#N)CCN(C)c1ccc(F)cc1. The van der Waals surface area contributed by atoms with Crippen LogP contribution in [0.2, 0.25) is 0 Å². The van der Waals surface area contributed by atoms with Gasteiger partial charge in [-0.05, 0) is 51.5 Å². The molecule has 1 aromatic rings. The van der Waals surface area contributed by atoms with Gasteiger partial charge >= 0.3 is 0 Å². The number of rotatable bonds is 6. The molecule has 0 aliphatic carbocycles. The van der Waals surface area contributed by atoms with Crippen LogP contribution in [0.3, 0.4) is 0 Å². The lowest BCUT2D eigenvalue weighted by Gasteiger charge is -2.29. The van der Waals surface area contributed by atoms with Gasteiger partial charge in [0.2, 0.25) is 0 Å². The number of benzene rings is 1. The van der Waals surface area contributed by atoms with E-state index in [9.17, 15) is 9.65 Å². The van der Waals surface area contributed by atoms with Crippen molar-refractivity contribution in [1.29, 1.82) is 5.26 Å². The van der Waals surface area contributed by atoms with Gasteiger partial charge in [0.25, 0.3) is 0 Å². The summed E-state index contributed by atoms with van der Waals surface area (Å²) >= 11 is 0. The second kappa shape index (κ2) is 6.53. The van der Waals surface area contributed by atoms with Crippen LogP contribution in [0.4, 0.5) is 10.1 Å². The Hall–Kier alpha value is -1.60. The first-order valence-electron chi connectivity index (χ1n) is 6.52. The van der Waals surface area contributed by atoms with Crippen LogP contribution >= 0.6 is 0 Å². The molecule has 0 fully saturated rings. The molecule has 0 aliphatic heterocycles. The van der Waals surface area contributed by atoms with Crippen molar-refractivity contribution in [3.05, 3.63) is 30.1 Å². The molecular weight excluding hydrogens is 241 g/mol. The van der Waals surface area contributed by atoms with Gasteiger partial charge in [0.15, 0.2) is 0 Å². The molecule has 1 N–H and O–H groups in total. The molecule has 0 heterocycles. The highest BCUT2D eigenvalue weighted by atomic mass is 19.1. The van der Waals surface area contributed by atoms with Crippen LogP contribution in [0.15, 0.2) is 24.3 Å². The molecule has 19 heavy (non-hydrogen) atoms. The van der Waals surface area contributed by atoms with Crippen molar-refractivity contribution in [3.8, 4) is 6.07 Å². The molecule has 0 spiro atoms. The maximum atomic E-state index is 12.9. The number of anilines is 1. The molecule has 1 aromatic carbocycles. The lowest BCUT2D eigenvalue weighted by Crippen LogP contribution is -2.46. The smallest absolute Gasteiger partial charge is 0.123 e. The zero-order chi connectivity index (χ0) is 14.5. The molecule has 104 valence electrons. The van der Waals surface area contributed by atoms with E-state index in [0.717, 1.165) is 12.2 Å². The van der Waals surface area contributed by atoms with E-state index < -0.39 is 5.54 Å². The summed E-state index contributed by atoms with van der Waals surface area (Å²) in [6, 6.07) is 8.97. The number of nitriles is 1. The molecule has 0 aliphatic rings. The van der Waals surface area contributed by atoms with Crippen molar-refractivity contribution >= 4 is 5.69 Å². The highest BCUT2D eigenvalue weighted by molar-refractivity contribution is 5.45. The molecule has 0 saturated heterocycles. The number of nitrogens with zero attached hydrogens (tertiary/aromatic N) is 2. The molecule has 1 atom stereocenters. The summed E-state index contributed by atoms with van der Waals surface area (Å²) in [4.78, 5) is 2.02. The van der Waals surface area contributed by atoms with Crippen molar-refractivity contribution in [2.45, 2.75) is 38.8 Å². The van der Waals surface area contributed by atoms with Crippen molar-refractivity contribution in [1.82, 2.24) is 5.32 Å². The first-order chi connectivity index (χ1) is 8.86. The minimum Gasteiger partial charge on any atom is -0.374 e. The zero-order valence-corrected chi connectivity index (χ0v) is 12.1. The largest absolute Gasteiger partial charge is 0.374 e. The Balaban J connectivity index is 2.60. The van der Waals surface area contributed by atoms with Gasteiger partial charge < -0.3 is 4.90 Å². The maximum absolute atomic E-state index is 12.9. The summed E-state index contributed by atoms with van der Waals surface area (Å²) in [5.74, 6) is -0.236. The summed E-state index contributed by atoms with van der Waals surface area (Å²) in [6.07, 6.45) is 0.704. The van der Waals surface area contributed by atoms with Crippen molar-refractivity contribution < 1.29 is 4.39 Å². The molecule has 4 heteroatoms. The van der Waals surface area contributed by atoms with E-state index in [1.54, 1.807) is 12.1 Å². The fourth-order valence-electron chi connectivity index (χ4n) is 2.01. The van der Waals surface area contributed by atoms with Gasteiger partial charge in [-0.15, -0.1) is 0 Å². The van der Waals surface area contributed by atoms with Gasteiger partial charge in [-0.3, -0.25) is 5.32 Å². The molecule has 0 saturated carbocycles. The zero-order valence-electron chi connectivity index (χ0n) is 12.1. The average molecular weight is 263 g/mol. The summed E-state index contributed by atoms with van der Waals surface area (Å²) in [5.41, 5.74) is 0.411. The van der Waals surface area contributed by atoms with Crippen molar-refractivity contribution in [3.63, 3.8) is 0 Å². The molecule has 1 unspecified atom stereocenters. The summed E-state index contributed by atoms with van der Waals surface area (Å²) in [5, 5.41) is 12.5. The Morgan fingerprint density at radius 1 is 1.37 bits per heavy atom. The number of halogens is 1. The number of hydrogen-bond acceptors (Lipinski definition) is 3. The first kappa shape index (κ1) is 15.5. The van der Waals surface area contributed by atoms with Gasteiger partial charge in [-0.1, -0.05) is 0 Å². The van der Waals surface area contributed by atoms with Gasteiger partial charge in [-0.2, -0.15) is 5.26 Å².